The lowest BCUT2D eigenvalue weighted by Gasteiger charge is -2.19. The summed E-state index contributed by atoms with van der Waals surface area (Å²) < 4.78 is 15.4. The number of oxazole rings is 1. The maximum absolute atomic E-state index is 11.7. The first kappa shape index (κ1) is 18.5. The molecule has 0 fully saturated rings. The Hall–Kier alpha value is -2.83. The number of benzene rings is 1. The van der Waals surface area contributed by atoms with Crippen molar-refractivity contribution in [2.75, 3.05) is 7.11 Å². The van der Waals surface area contributed by atoms with Gasteiger partial charge in [0.2, 0.25) is 5.89 Å². The van der Waals surface area contributed by atoms with Crippen molar-refractivity contribution in [1.82, 2.24) is 10.3 Å². The Morgan fingerprint density at radius 1 is 1.20 bits per heavy atom. The second kappa shape index (κ2) is 7.38. The fourth-order valence-corrected chi connectivity index (χ4v) is 2.06. The first-order valence-electron chi connectivity index (χ1n) is 7.81. The average Bonchev–Trinajstić information content (AvgIpc) is 2.93. The maximum atomic E-state index is 11.7. The van der Waals surface area contributed by atoms with Crippen molar-refractivity contribution in [3.8, 4) is 11.5 Å². The molecule has 7 heteroatoms. The summed E-state index contributed by atoms with van der Waals surface area (Å²) in [7, 11) is 1.29. The Kier molecular flexibility index (Phi) is 5.46. The van der Waals surface area contributed by atoms with Crippen molar-refractivity contribution in [1.29, 1.82) is 0 Å². The van der Waals surface area contributed by atoms with E-state index < -0.39 is 17.7 Å². The van der Waals surface area contributed by atoms with Crippen LogP contribution in [0.5, 0.6) is 0 Å². The van der Waals surface area contributed by atoms with E-state index in [1.54, 1.807) is 19.1 Å². The molecular weight excluding hydrogens is 324 g/mol. The highest BCUT2D eigenvalue weighted by Gasteiger charge is 2.18. The van der Waals surface area contributed by atoms with Gasteiger partial charge in [0.1, 0.15) is 11.4 Å². The summed E-state index contributed by atoms with van der Waals surface area (Å²) in [5.74, 6) is 0.202. The first-order valence-corrected chi connectivity index (χ1v) is 7.81. The highest BCUT2D eigenvalue weighted by molar-refractivity contribution is 5.88. The van der Waals surface area contributed by atoms with Crippen molar-refractivity contribution >= 4 is 12.1 Å². The summed E-state index contributed by atoms with van der Waals surface area (Å²) in [5, 5.41) is 2.69. The summed E-state index contributed by atoms with van der Waals surface area (Å²) in [6, 6.07) is 7.28. The molecule has 0 aliphatic heterocycles. The lowest BCUT2D eigenvalue weighted by atomic mass is 10.1. The van der Waals surface area contributed by atoms with Crippen molar-refractivity contribution in [3.63, 3.8) is 0 Å². The van der Waals surface area contributed by atoms with E-state index >= 15 is 0 Å². The van der Waals surface area contributed by atoms with Crippen LogP contribution in [-0.4, -0.2) is 29.8 Å². The van der Waals surface area contributed by atoms with Crippen LogP contribution < -0.4 is 5.32 Å². The van der Waals surface area contributed by atoms with Gasteiger partial charge in [-0.05, 0) is 45.4 Å². The van der Waals surface area contributed by atoms with E-state index in [2.05, 4.69) is 15.0 Å². The number of aromatic nitrogens is 1. The minimum Gasteiger partial charge on any atom is -0.464 e. The summed E-state index contributed by atoms with van der Waals surface area (Å²) in [6.45, 7) is 7.42. The second-order valence-corrected chi connectivity index (χ2v) is 6.47. The number of alkyl carbamates (subject to hydrolysis) is 1. The number of nitrogens with one attached hydrogen (secondary N) is 1. The quantitative estimate of drug-likeness (QED) is 0.853. The number of carbonyl (C=O) groups is 2. The van der Waals surface area contributed by atoms with Gasteiger partial charge < -0.3 is 19.2 Å². The van der Waals surface area contributed by atoms with Gasteiger partial charge in [0.25, 0.3) is 0 Å². The topological polar surface area (TPSA) is 90.7 Å². The number of hydrogen-bond donors (Lipinski definition) is 1. The van der Waals surface area contributed by atoms with Gasteiger partial charge in [-0.25, -0.2) is 14.6 Å². The lowest BCUT2D eigenvalue weighted by Crippen LogP contribution is -2.32. The molecule has 2 rings (SSSR count). The molecule has 25 heavy (non-hydrogen) atoms. The van der Waals surface area contributed by atoms with Crippen LogP contribution in [0.15, 0.2) is 28.7 Å². The minimum atomic E-state index is -0.536. The standard InChI is InChI=1S/C18H22N2O5/c1-11-14(16(21)23-5)20-15(24-11)13-8-6-12(7-9-13)10-19-17(22)25-18(2,3)4/h6-9H,10H2,1-5H3,(H,19,22). The highest BCUT2D eigenvalue weighted by atomic mass is 16.6. The zero-order chi connectivity index (χ0) is 18.6. The molecular formula is C18H22N2O5. The monoisotopic (exact) mass is 346 g/mol. The predicted octanol–water partition coefficient (Wildman–Crippen LogP) is 3.46. The van der Waals surface area contributed by atoms with Crippen LogP contribution in [0.25, 0.3) is 11.5 Å². The van der Waals surface area contributed by atoms with Crippen LogP contribution in [0.2, 0.25) is 0 Å². The van der Waals surface area contributed by atoms with Gasteiger partial charge >= 0.3 is 12.1 Å². The minimum absolute atomic E-state index is 0.160. The smallest absolute Gasteiger partial charge is 0.407 e. The van der Waals surface area contributed by atoms with Crippen LogP contribution in [0.1, 0.15) is 42.6 Å². The van der Waals surface area contributed by atoms with Crippen molar-refractivity contribution in [3.05, 3.63) is 41.3 Å². The van der Waals surface area contributed by atoms with Crippen LogP contribution in [0.3, 0.4) is 0 Å². The van der Waals surface area contributed by atoms with Gasteiger partial charge in [-0.1, -0.05) is 12.1 Å². The molecule has 1 heterocycles. The highest BCUT2D eigenvalue weighted by Crippen LogP contribution is 2.22. The SMILES string of the molecule is COC(=O)c1nc(-c2ccc(CNC(=O)OC(C)(C)C)cc2)oc1C. The number of aryl methyl sites for hydroxylation is 1. The van der Waals surface area contributed by atoms with E-state index in [1.165, 1.54) is 7.11 Å². The van der Waals surface area contributed by atoms with E-state index in [0.717, 1.165) is 11.1 Å². The normalized spacial score (nSPS) is 11.1. The second-order valence-electron chi connectivity index (χ2n) is 6.47. The Bertz CT molecular complexity index is 757. The molecule has 7 nitrogen and oxygen atoms in total. The van der Waals surface area contributed by atoms with Gasteiger partial charge in [0, 0.05) is 12.1 Å². The van der Waals surface area contributed by atoms with E-state index in [-0.39, 0.29) is 5.69 Å². The summed E-state index contributed by atoms with van der Waals surface area (Å²) in [6.07, 6.45) is -0.470. The number of amides is 1. The molecule has 0 spiro atoms. The maximum Gasteiger partial charge on any atom is 0.407 e. The number of carbonyl (C=O) groups excluding carboxylic acids is 2. The Morgan fingerprint density at radius 3 is 2.40 bits per heavy atom. The Labute approximate surface area is 146 Å². The number of rotatable bonds is 4. The third-order valence-electron chi connectivity index (χ3n) is 3.21. The third kappa shape index (κ3) is 5.07. The molecule has 0 radical (unpaired) electrons. The van der Waals surface area contributed by atoms with E-state index in [0.29, 0.717) is 18.2 Å². The molecule has 134 valence electrons. The molecule has 1 amide bonds. The number of hydrogen-bond acceptors (Lipinski definition) is 6. The molecule has 0 saturated heterocycles. The molecule has 0 saturated carbocycles. The molecule has 1 aromatic carbocycles. The van der Waals surface area contributed by atoms with Gasteiger partial charge in [0.15, 0.2) is 5.69 Å². The number of ether oxygens (including phenoxy) is 2. The number of methoxy groups -OCH3 is 1. The predicted molar refractivity (Wildman–Crippen MR) is 91.1 cm³/mol. The molecule has 2 aromatic rings. The van der Waals surface area contributed by atoms with Crippen LogP contribution in [0, 0.1) is 6.92 Å². The summed E-state index contributed by atoms with van der Waals surface area (Å²) in [5.41, 5.74) is 1.24. The van der Waals surface area contributed by atoms with Gasteiger partial charge in [-0.2, -0.15) is 0 Å². The zero-order valence-corrected chi connectivity index (χ0v) is 15.0. The fraction of sp³-hybridized carbons (Fsp3) is 0.389. The van der Waals surface area contributed by atoms with E-state index in [1.807, 2.05) is 32.9 Å². The summed E-state index contributed by atoms with van der Waals surface area (Å²) in [4.78, 5) is 27.4. The molecule has 1 aromatic heterocycles. The third-order valence-corrected chi connectivity index (χ3v) is 3.21. The number of nitrogens with zero attached hydrogens (tertiary/aromatic N) is 1. The van der Waals surface area contributed by atoms with Crippen molar-refractivity contribution in [2.24, 2.45) is 0 Å². The van der Waals surface area contributed by atoms with Gasteiger partial charge in [-0.3, -0.25) is 0 Å². The van der Waals surface area contributed by atoms with Crippen molar-refractivity contribution < 1.29 is 23.5 Å². The zero-order valence-electron chi connectivity index (χ0n) is 15.0. The largest absolute Gasteiger partial charge is 0.464 e. The molecule has 0 aliphatic carbocycles. The molecule has 0 unspecified atom stereocenters. The fourth-order valence-electron chi connectivity index (χ4n) is 2.06. The Morgan fingerprint density at radius 2 is 1.84 bits per heavy atom. The van der Waals surface area contributed by atoms with Gasteiger partial charge in [0.05, 0.1) is 7.11 Å². The Balaban J connectivity index is 2.03. The molecule has 0 aliphatic rings. The molecule has 0 bridgehead atoms. The average molecular weight is 346 g/mol. The number of esters is 1. The van der Waals surface area contributed by atoms with Crippen molar-refractivity contribution in [2.45, 2.75) is 39.8 Å². The molecule has 1 N–H and O–H groups in total. The van der Waals surface area contributed by atoms with Crippen LogP contribution in [-0.2, 0) is 16.0 Å². The summed E-state index contributed by atoms with van der Waals surface area (Å²) >= 11 is 0. The van der Waals surface area contributed by atoms with Gasteiger partial charge in [-0.15, -0.1) is 0 Å². The van der Waals surface area contributed by atoms with Crippen LogP contribution >= 0.6 is 0 Å². The first-order chi connectivity index (χ1) is 11.7. The molecule has 0 atom stereocenters. The van der Waals surface area contributed by atoms with Crippen LogP contribution in [0.4, 0.5) is 4.79 Å². The van der Waals surface area contributed by atoms with E-state index in [9.17, 15) is 9.59 Å². The van der Waals surface area contributed by atoms with E-state index in [4.69, 9.17) is 9.15 Å². The lowest BCUT2D eigenvalue weighted by molar-refractivity contribution is 0.0522.